The predicted octanol–water partition coefficient (Wildman–Crippen LogP) is 31.6. The fraction of sp³-hybridized carbons (Fsp3) is 0.00862. The maximum absolute atomic E-state index is 12.9. The summed E-state index contributed by atoms with van der Waals surface area (Å²) in [4.78, 5) is 51.1. The molecule has 0 spiro atoms. The third kappa shape index (κ3) is 19.8. The smallest absolute Gasteiger partial charge is 0.167 e. The Balaban J connectivity index is 0.000000106. The number of anilines is 2. The number of carbonyl (C=O) groups excluding carboxylic acids is 1. The molecule has 4 N–H and O–H groups in total. The second kappa shape index (κ2) is 41.2. The first kappa shape index (κ1) is 91.2. The van der Waals surface area contributed by atoms with E-state index in [1.54, 1.807) is 12.3 Å². The van der Waals surface area contributed by atoms with Crippen LogP contribution in [0.3, 0.4) is 0 Å². The third-order valence-electron chi connectivity index (χ3n) is 23.5. The van der Waals surface area contributed by atoms with Crippen LogP contribution in [-0.2, 0) is 6.42 Å². The number of pyridine rings is 8. The number of aromatic nitrogens is 13. The fourth-order valence-electron chi connectivity index (χ4n) is 16.9. The standard InChI is InChI=1S/C27H19ClN2O.C26H15BrClN3.C26H16ClN3.C19H14ClN3.C13H9BrN2.C5H5BrN2/c28-22-13-14-23(21(16-22)17-26(31)20-10-5-2-6-11-20)24-12-7-15-30-18-25(29-27(24)30)19-8-3-1-4-9-19;27-25-24(17-9-5-2-6-10-17)30-26-22-19-12-11-18(28)15-21(19)29-23(16-7-3-1-4-8-16)20(22)13-14-31(25)26;27-19-11-12-20-22(15-19)28-25(18-9-5-2-6-10-18)21-13-14-30-16-23(29-26(30)24(20)21)17-7-3-1-4-8-17;20-14-8-9-15(17(21)11-14)16-7-4-10-23-12-18(22-19(16)23)13-5-2-1-3-6-13;14-11-7-4-8-16-9-12(15-13(11)16)10-5-2-1-3-6-10;6-4-2-1-3-8-5(4)7/h1-16,18H,17H2;1-15H;1-16H;1-12H,21H2;1-9H;1-3H,(H2,7,8). The highest BCUT2D eigenvalue weighted by atomic mass is 79.9. The summed E-state index contributed by atoms with van der Waals surface area (Å²) in [6, 6.07) is 124. The Kier molecular flexibility index (Phi) is 27.0. The molecule has 0 saturated carbocycles. The van der Waals surface area contributed by atoms with E-state index in [1.165, 1.54) is 0 Å². The van der Waals surface area contributed by atoms with Crippen LogP contribution in [0.15, 0.2) is 452 Å². The van der Waals surface area contributed by atoms with Crippen molar-refractivity contribution in [3.8, 4) is 101 Å². The van der Waals surface area contributed by atoms with Gasteiger partial charge in [-0.15, -0.1) is 0 Å². The Bertz CT molecular complexity index is 8790. The van der Waals surface area contributed by atoms with Gasteiger partial charge in [-0.2, -0.15) is 0 Å². The van der Waals surface area contributed by atoms with Crippen molar-refractivity contribution in [3.05, 3.63) is 483 Å². The Hall–Kier alpha value is -15.6. The average Bonchev–Trinajstić information content (AvgIpc) is 1.61. The van der Waals surface area contributed by atoms with Crippen molar-refractivity contribution >= 4 is 183 Å². The minimum absolute atomic E-state index is 0.0596. The van der Waals surface area contributed by atoms with Gasteiger partial charge in [-0.1, -0.05) is 313 Å². The Morgan fingerprint density at radius 2 is 0.669 bits per heavy atom. The largest absolute Gasteiger partial charge is 0.398 e. The van der Waals surface area contributed by atoms with E-state index >= 15 is 0 Å². The molecule has 0 aliphatic heterocycles. The number of halogens is 7. The summed E-state index contributed by atoms with van der Waals surface area (Å²) >= 11 is 35.4. The maximum atomic E-state index is 12.9. The first-order chi connectivity index (χ1) is 68.0. The van der Waals surface area contributed by atoms with E-state index in [9.17, 15) is 4.79 Å². The minimum Gasteiger partial charge on any atom is -0.398 e. The van der Waals surface area contributed by atoms with Crippen LogP contribution in [0.5, 0.6) is 0 Å². The summed E-state index contributed by atoms with van der Waals surface area (Å²) in [6.07, 6.45) is 20.2. The predicted molar refractivity (Wildman–Crippen MR) is 581 cm³/mol. The van der Waals surface area contributed by atoms with Crippen LogP contribution in [0.2, 0.25) is 20.1 Å². The molecule has 25 aromatic rings. The fourth-order valence-corrected chi connectivity index (χ4v) is 18.9. The van der Waals surface area contributed by atoms with Gasteiger partial charge in [-0.25, -0.2) is 39.9 Å². The molecule has 13 aromatic heterocycles. The molecule has 16 nitrogen and oxygen atoms in total. The maximum Gasteiger partial charge on any atom is 0.167 e. The lowest BCUT2D eigenvalue weighted by Crippen LogP contribution is -2.05. The molecular weight excluding hydrogens is 2000 g/mol. The molecule has 0 radical (unpaired) electrons. The number of benzene rings is 12. The van der Waals surface area contributed by atoms with E-state index < -0.39 is 0 Å². The summed E-state index contributed by atoms with van der Waals surface area (Å²) in [5, 5.41) is 8.94. The van der Waals surface area contributed by atoms with Gasteiger partial charge >= 0.3 is 0 Å². The number of carbonyl (C=O) groups is 1. The molecular formula is C116H78Br3Cl4N15O. The van der Waals surface area contributed by atoms with Gasteiger partial charge in [-0.3, -0.25) is 9.20 Å². The highest BCUT2D eigenvalue weighted by Crippen LogP contribution is 2.43. The van der Waals surface area contributed by atoms with E-state index in [0.717, 1.165) is 192 Å². The molecule has 23 heteroatoms. The van der Waals surface area contributed by atoms with Crippen LogP contribution in [0.4, 0.5) is 11.5 Å². The summed E-state index contributed by atoms with van der Waals surface area (Å²) in [5.74, 6) is 0.594. The molecule has 0 saturated heterocycles. The SMILES string of the molecule is Brc1cccn2cc(-c3ccccc3)nc12.Clc1ccc2c(c1)nc(-c1ccccc1)c1ccn3c(Br)c(-c4ccccc4)nc3c12.Clc1ccc2c(c1)nc(-c1ccccc1)c1ccn3cc(-c4ccccc4)nc3c12.Nc1cc(Cl)ccc1-c1cccn2cc(-c3ccccc3)nc12.Nc1ncccc1Br.O=C(Cc1cc(Cl)ccc1-c1cccn2cc(-c3ccccc3)nc12)c1ccccc1. The third-order valence-corrected chi connectivity index (χ3v) is 26.5. The zero-order valence-electron chi connectivity index (χ0n) is 73.8. The molecule has 672 valence electrons. The summed E-state index contributed by atoms with van der Waals surface area (Å²) < 4.78 is 13.0. The van der Waals surface area contributed by atoms with Gasteiger partial charge in [0.2, 0.25) is 0 Å². The van der Waals surface area contributed by atoms with E-state index in [0.29, 0.717) is 37.2 Å². The average molecular weight is 2080 g/mol. The van der Waals surface area contributed by atoms with Gasteiger partial charge in [0.1, 0.15) is 38.7 Å². The summed E-state index contributed by atoms with van der Waals surface area (Å²) in [6.45, 7) is 0. The topological polar surface area (TPSA) is 194 Å². The second-order valence-electron chi connectivity index (χ2n) is 32.5. The van der Waals surface area contributed by atoms with Crippen molar-refractivity contribution in [2.24, 2.45) is 0 Å². The van der Waals surface area contributed by atoms with Crippen LogP contribution in [0.1, 0.15) is 15.9 Å². The second-order valence-corrected chi connectivity index (χ2v) is 36.7. The lowest BCUT2D eigenvalue weighted by Gasteiger charge is -2.11. The Morgan fingerprint density at radius 3 is 1.12 bits per heavy atom. The molecule has 13 heterocycles. The highest BCUT2D eigenvalue weighted by Gasteiger charge is 2.23. The quantitative estimate of drug-likeness (QED) is 0.0671. The number of rotatable bonds is 12. The van der Waals surface area contributed by atoms with Gasteiger partial charge in [0.25, 0.3) is 0 Å². The first-order valence-corrected chi connectivity index (χ1v) is 48.2. The number of fused-ring (bicyclic) bond motifs is 13. The van der Waals surface area contributed by atoms with Crippen molar-refractivity contribution in [1.82, 2.24) is 61.9 Å². The zero-order chi connectivity index (χ0) is 95.0. The molecule has 0 atom stereocenters. The lowest BCUT2D eigenvalue weighted by atomic mass is 9.95. The number of hydrogen-bond acceptors (Lipinski definition) is 11. The van der Waals surface area contributed by atoms with Crippen LogP contribution in [0, 0.1) is 0 Å². The van der Waals surface area contributed by atoms with E-state index in [2.05, 4.69) is 170 Å². The molecule has 25 rings (SSSR count). The van der Waals surface area contributed by atoms with Gasteiger partial charge in [0.15, 0.2) is 11.4 Å². The summed E-state index contributed by atoms with van der Waals surface area (Å²) in [7, 11) is 0. The van der Waals surface area contributed by atoms with Crippen LogP contribution < -0.4 is 11.5 Å². The van der Waals surface area contributed by atoms with Gasteiger partial charge in [0, 0.05) is 188 Å². The molecule has 0 aliphatic rings. The van der Waals surface area contributed by atoms with Gasteiger partial charge in [-0.05, 0) is 168 Å². The number of nitrogens with two attached hydrogens (primary N) is 2. The number of ketones is 1. The van der Waals surface area contributed by atoms with Crippen LogP contribution in [-0.4, -0.2) is 67.7 Å². The molecule has 0 unspecified atom stereocenters. The monoisotopic (exact) mass is 2070 g/mol. The summed E-state index contributed by atoms with van der Waals surface area (Å²) in [5.41, 5.74) is 37.9. The van der Waals surface area contributed by atoms with E-state index in [-0.39, 0.29) is 12.2 Å². The highest BCUT2D eigenvalue weighted by molar-refractivity contribution is 9.11. The lowest BCUT2D eigenvalue weighted by molar-refractivity contribution is 0.0993. The molecule has 0 aliphatic carbocycles. The van der Waals surface area contributed by atoms with Crippen molar-refractivity contribution in [1.29, 1.82) is 0 Å². The Morgan fingerprint density at radius 1 is 0.295 bits per heavy atom. The van der Waals surface area contributed by atoms with Crippen molar-refractivity contribution in [3.63, 3.8) is 0 Å². The minimum atomic E-state index is 0.0596. The molecule has 0 fully saturated rings. The van der Waals surface area contributed by atoms with Crippen molar-refractivity contribution in [2.45, 2.75) is 6.42 Å². The number of hydrogen-bond donors (Lipinski definition) is 2. The van der Waals surface area contributed by atoms with Crippen molar-refractivity contribution < 1.29 is 4.79 Å². The van der Waals surface area contributed by atoms with Crippen LogP contribution >= 0.6 is 94.2 Å². The molecule has 0 amide bonds. The normalized spacial score (nSPS) is 11.1. The van der Waals surface area contributed by atoms with Gasteiger partial charge < -0.3 is 29.1 Å². The van der Waals surface area contributed by atoms with E-state index in [1.807, 2.05) is 336 Å². The van der Waals surface area contributed by atoms with Crippen molar-refractivity contribution in [2.75, 3.05) is 11.5 Å². The molecule has 12 aromatic carbocycles. The van der Waals surface area contributed by atoms with Gasteiger partial charge in [0.05, 0.1) is 54.1 Å². The zero-order valence-corrected chi connectivity index (χ0v) is 81.6. The molecule has 0 bridgehead atoms. The number of imidazole rings is 5. The Labute approximate surface area is 844 Å². The van der Waals surface area contributed by atoms with Crippen LogP contribution in [0.25, 0.3) is 173 Å². The first-order valence-electron chi connectivity index (χ1n) is 44.3. The number of nitrogen functional groups attached to an aromatic ring is 2. The van der Waals surface area contributed by atoms with E-state index in [4.69, 9.17) is 87.8 Å². The molecule has 139 heavy (non-hydrogen) atoms. The number of Topliss-reactive ketones (excluding diaryl/α,β-unsaturated/α-hetero) is 1. The number of nitrogens with zero attached hydrogens (tertiary/aromatic N) is 13.